The fourth-order valence-corrected chi connectivity index (χ4v) is 2.42. The van der Waals surface area contributed by atoms with Crippen LogP contribution in [0.5, 0.6) is 0 Å². The molecule has 0 aliphatic carbocycles. The van der Waals surface area contributed by atoms with E-state index in [0.29, 0.717) is 25.8 Å². The average Bonchev–Trinajstić information content (AvgIpc) is 2.79. The van der Waals surface area contributed by atoms with E-state index in [4.69, 9.17) is 5.73 Å². The molecule has 22 heavy (non-hydrogen) atoms. The SMILES string of the molecule is Cc1ccc(N2CCC(NC(=O)CCC(C)N)C2=O)cc1.Cl. The summed E-state index contributed by atoms with van der Waals surface area (Å²) in [5.74, 6) is -0.135. The maximum Gasteiger partial charge on any atom is 0.249 e. The van der Waals surface area contributed by atoms with E-state index in [-0.39, 0.29) is 30.3 Å². The van der Waals surface area contributed by atoms with Crippen LogP contribution in [0.4, 0.5) is 5.69 Å². The molecule has 0 bridgehead atoms. The van der Waals surface area contributed by atoms with Gasteiger partial charge in [0.1, 0.15) is 6.04 Å². The van der Waals surface area contributed by atoms with Crippen LogP contribution in [0.1, 0.15) is 31.7 Å². The van der Waals surface area contributed by atoms with Crippen LogP contribution in [0.15, 0.2) is 24.3 Å². The monoisotopic (exact) mass is 325 g/mol. The van der Waals surface area contributed by atoms with Crippen molar-refractivity contribution in [3.63, 3.8) is 0 Å². The number of hydrogen-bond donors (Lipinski definition) is 2. The van der Waals surface area contributed by atoms with Gasteiger partial charge in [-0.15, -0.1) is 12.4 Å². The molecule has 0 radical (unpaired) electrons. The van der Waals surface area contributed by atoms with Gasteiger partial charge in [-0.1, -0.05) is 17.7 Å². The van der Waals surface area contributed by atoms with Crippen molar-refractivity contribution in [2.24, 2.45) is 5.73 Å². The first kappa shape index (κ1) is 18.5. The number of nitrogens with one attached hydrogen (secondary N) is 1. The second kappa shape index (κ2) is 8.15. The van der Waals surface area contributed by atoms with Crippen LogP contribution in [0, 0.1) is 6.92 Å². The van der Waals surface area contributed by atoms with E-state index in [1.807, 2.05) is 38.1 Å². The Bertz CT molecular complexity index is 517. The number of carbonyl (C=O) groups excluding carboxylic acids is 2. The highest BCUT2D eigenvalue weighted by atomic mass is 35.5. The number of aryl methyl sites for hydroxylation is 1. The third-order valence-electron chi connectivity index (χ3n) is 3.71. The number of carbonyl (C=O) groups is 2. The molecule has 2 unspecified atom stereocenters. The zero-order chi connectivity index (χ0) is 15.4. The molecular formula is C16H24ClN3O2. The van der Waals surface area contributed by atoms with Crippen molar-refractivity contribution in [1.82, 2.24) is 5.32 Å². The Morgan fingerprint density at radius 3 is 2.64 bits per heavy atom. The third kappa shape index (κ3) is 4.71. The summed E-state index contributed by atoms with van der Waals surface area (Å²) in [6.45, 7) is 4.52. The molecule has 2 amide bonds. The number of benzene rings is 1. The topological polar surface area (TPSA) is 75.4 Å². The molecule has 0 aromatic heterocycles. The predicted molar refractivity (Wildman–Crippen MR) is 90.2 cm³/mol. The zero-order valence-corrected chi connectivity index (χ0v) is 13.9. The van der Waals surface area contributed by atoms with Gasteiger partial charge in [-0.3, -0.25) is 9.59 Å². The fourth-order valence-electron chi connectivity index (χ4n) is 2.42. The minimum atomic E-state index is -0.410. The van der Waals surface area contributed by atoms with Gasteiger partial charge >= 0.3 is 0 Å². The third-order valence-corrected chi connectivity index (χ3v) is 3.71. The molecule has 1 aromatic carbocycles. The molecule has 0 saturated carbocycles. The molecule has 2 atom stereocenters. The maximum absolute atomic E-state index is 12.4. The highest BCUT2D eigenvalue weighted by Crippen LogP contribution is 2.22. The fraction of sp³-hybridized carbons (Fsp3) is 0.500. The van der Waals surface area contributed by atoms with Crippen molar-refractivity contribution in [2.75, 3.05) is 11.4 Å². The van der Waals surface area contributed by atoms with E-state index in [2.05, 4.69) is 5.32 Å². The lowest BCUT2D eigenvalue weighted by molar-refractivity contribution is -0.126. The van der Waals surface area contributed by atoms with Crippen molar-refractivity contribution in [3.05, 3.63) is 29.8 Å². The zero-order valence-electron chi connectivity index (χ0n) is 13.0. The smallest absolute Gasteiger partial charge is 0.249 e. The van der Waals surface area contributed by atoms with Gasteiger partial charge in [0.25, 0.3) is 0 Å². The molecular weight excluding hydrogens is 302 g/mol. The van der Waals surface area contributed by atoms with Gasteiger partial charge in [-0.25, -0.2) is 0 Å². The molecule has 1 aliphatic rings. The van der Waals surface area contributed by atoms with Crippen LogP contribution in [0.2, 0.25) is 0 Å². The highest BCUT2D eigenvalue weighted by Gasteiger charge is 2.33. The number of anilines is 1. The summed E-state index contributed by atoms with van der Waals surface area (Å²) in [6.07, 6.45) is 1.65. The Morgan fingerprint density at radius 1 is 1.41 bits per heavy atom. The average molecular weight is 326 g/mol. The Hall–Kier alpha value is -1.59. The summed E-state index contributed by atoms with van der Waals surface area (Å²) in [7, 11) is 0. The lowest BCUT2D eigenvalue weighted by Crippen LogP contribution is -2.41. The molecule has 122 valence electrons. The molecule has 1 saturated heterocycles. The van der Waals surface area contributed by atoms with Gasteiger partial charge in [0, 0.05) is 24.7 Å². The van der Waals surface area contributed by atoms with E-state index >= 15 is 0 Å². The van der Waals surface area contributed by atoms with Crippen LogP contribution < -0.4 is 16.0 Å². The van der Waals surface area contributed by atoms with E-state index in [9.17, 15) is 9.59 Å². The van der Waals surface area contributed by atoms with Crippen LogP contribution >= 0.6 is 12.4 Å². The molecule has 1 fully saturated rings. The Kier molecular flexibility index (Phi) is 6.84. The predicted octanol–water partition coefficient (Wildman–Crippen LogP) is 1.77. The number of nitrogens with two attached hydrogens (primary N) is 1. The van der Waals surface area contributed by atoms with Crippen molar-refractivity contribution in [2.45, 2.75) is 45.2 Å². The van der Waals surface area contributed by atoms with Crippen molar-refractivity contribution < 1.29 is 9.59 Å². The second-order valence-corrected chi connectivity index (χ2v) is 5.75. The molecule has 2 rings (SSSR count). The summed E-state index contributed by atoms with van der Waals surface area (Å²) in [5.41, 5.74) is 7.68. The van der Waals surface area contributed by atoms with E-state index in [1.165, 1.54) is 0 Å². The van der Waals surface area contributed by atoms with Crippen LogP contribution in [-0.2, 0) is 9.59 Å². The van der Waals surface area contributed by atoms with E-state index < -0.39 is 6.04 Å². The first-order chi connectivity index (χ1) is 9.97. The summed E-state index contributed by atoms with van der Waals surface area (Å²) in [6, 6.07) is 7.43. The second-order valence-electron chi connectivity index (χ2n) is 5.75. The summed E-state index contributed by atoms with van der Waals surface area (Å²) in [5, 5.41) is 2.81. The van der Waals surface area contributed by atoms with Gasteiger partial charge < -0.3 is 16.0 Å². The number of rotatable bonds is 5. The lowest BCUT2D eigenvalue weighted by atomic mass is 10.1. The largest absolute Gasteiger partial charge is 0.344 e. The van der Waals surface area contributed by atoms with Crippen LogP contribution in [-0.4, -0.2) is 30.4 Å². The quantitative estimate of drug-likeness (QED) is 0.866. The van der Waals surface area contributed by atoms with Crippen molar-refractivity contribution >= 4 is 29.9 Å². The summed E-state index contributed by atoms with van der Waals surface area (Å²) < 4.78 is 0. The number of amides is 2. The van der Waals surface area contributed by atoms with Gasteiger partial charge in [0.05, 0.1) is 0 Å². The molecule has 5 nitrogen and oxygen atoms in total. The number of halogens is 1. The normalized spacial score (nSPS) is 18.8. The Balaban J connectivity index is 0.00000242. The summed E-state index contributed by atoms with van der Waals surface area (Å²) in [4.78, 5) is 25.9. The van der Waals surface area contributed by atoms with Crippen molar-refractivity contribution in [3.8, 4) is 0 Å². The van der Waals surface area contributed by atoms with Crippen LogP contribution in [0.25, 0.3) is 0 Å². The minimum absolute atomic E-state index is 0. The van der Waals surface area contributed by atoms with Crippen molar-refractivity contribution in [1.29, 1.82) is 0 Å². The van der Waals surface area contributed by atoms with Gasteiger partial charge in [0.15, 0.2) is 0 Å². The van der Waals surface area contributed by atoms with Gasteiger partial charge in [-0.2, -0.15) is 0 Å². The minimum Gasteiger partial charge on any atom is -0.344 e. The Labute approximate surface area is 137 Å². The first-order valence-corrected chi connectivity index (χ1v) is 7.40. The molecule has 6 heteroatoms. The van der Waals surface area contributed by atoms with Gasteiger partial charge in [-0.05, 0) is 38.8 Å². The molecule has 0 spiro atoms. The highest BCUT2D eigenvalue weighted by molar-refractivity contribution is 6.01. The molecule has 1 heterocycles. The summed E-state index contributed by atoms with van der Waals surface area (Å²) >= 11 is 0. The van der Waals surface area contributed by atoms with E-state index in [0.717, 1.165) is 11.3 Å². The van der Waals surface area contributed by atoms with E-state index in [1.54, 1.807) is 4.90 Å². The standard InChI is InChI=1S/C16H23N3O2.ClH/c1-11-3-6-13(7-4-11)19-10-9-14(16(19)21)18-15(20)8-5-12(2)17;/h3-4,6-7,12,14H,5,8-10,17H2,1-2H3,(H,18,20);1H. The maximum atomic E-state index is 12.4. The molecule has 3 N–H and O–H groups in total. The lowest BCUT2D eigenvalue weighted by Gasteiger charge is -2.17. The number of nitrogens with zero attached hydrogens (tertiary/aromatic N) is 1. The Morgan fingerprint density at radius 2 is 2.05 bits per heavy atom. The van der Waals surface area contributed by atoms with Gasteiger partial charge in [0.2, 0.25) is 11.8 Å². The number of hydrogen-bond acceptors (Lipinski definition) is 3. The first-order valence-electron chi connectivity index (χ1n) is 7.40. The molecule has 1 aliphatic heterocycles. The molecule has 1 aromatic rings. The van der Waals surface area contributed by atoms with Crippen LogP contribution in [0.3, 0.4) is 0 Å².